The summed E-state index contributed by atoms with van der Waals surface area (Å²) in [5.74, 6) is 1.52. The third-order valence-corrected chi connectivity index (χ3v) is 4.84. The van der Waals surface area contributed by atoms with Gasteiger partial charge in [0, 0.05) is 18.3 Å². The first-order valence-corrected chi connectivity index (χ1v) is 8.53. The second-order valence-electron chi connectivity index (χ2n) is 5.47. The summed E-state index contributed by atoms with van der Waals surface area (Å²) in [6.07, 6.45) is 3.23. The number of thioether (sulfide) groups is 1. The van der Waals surface area contributed by atoms with E-state index in [-0.39, 0.29) is 18.0 Å². The van der Waals surface area contributed by atoms with Crippen LogP contribution in [-0.4, -0.2) is 41.2 Å². The normalized spacial score (nSPS) is 23.9. The Hall–Kier alpha value is -0.910. The highest BCUT2D eigenvalue weighted by molar-refractivity contribution is 7.99. The average Bonchev–Trinajstić information content (AvgIpc) is 2.43. The van der Waals surface area contributed by atoms with Crippen LogP contribution in [-0.2, 0) is 4.79 Å². The molecular formula is C14H26N2O3S. The van der Waals surface area contributed by atoms with Gasteiger partial charge in [0.25, 0.3) is 0 Å². The first-order valence-electron chi connectivity index (χ1n) is 7.37. The van der Waals surface area contributed by atoms with Crippen molar-refractivity contribution in [1.29, 1.82) is 0 Å². The van der Waals surface area contributed by atoms with Gasteiger partial charge in [-0.05, 0) is 44.3 Å². The van der Waals surface area contributed by atoms with E-state index < -0.39 is 5.97 Å². The van der Waals surface area contributed by atoms with Crippen LogP contribution in [0.25, 0.3) is 0 Å². The number of urea groups is 1. The highest BCUT2D eigenvalue weighted by atomic mass is 32.2. The zero-order valence-electron chi connectivity index (χ0n) is 12.4. The Morgan fingerprint density at radius 3 is 2.50 bits per heavy atom. The molecule has 2 amide bonds. The lowest BCUT2D eigenvalue weighted by atomic mass is 9.82. The summed E-state index contributed by atoms with van der Waals surface area (Å²) in [6, 6.07) is 0.0530. The van der Waals surface area contributed by atoms with Crippen LogP contribution in [0.4, 0.5) is 4.79 Å². The number of carboxylic acid groups (broad SMARTS) is 1. The van der Waals surface area contributed by atoms with Crippen LogP contribution < -0.4 is 10.6 Å². The van der Waals surface area contributed by atoms with E-state index in [4.69, 9.17) is 5.11 Å². The molecule has 5 nitrogen and oxygen atoms in total. The lowest BCUT2D eigenvalue weighted by Gasteiger charge is -2.26. The largest absolute Gasteiger partial charge is 0.481 e. The Morgan fingerprint density at radius 1 is 1.30 bits per heavy atom. The van der Waals surface area contributed by atoms with Crippen LogP contribution in [0.1, 0.15) is 39.5 Å². The van der Waals surface area contributed by atoms with Crippen LogP contribution in [0.5, 0.6) is 0 Å². The van der Waals surface area contributed by atoms with Crippen LogP contribution in [0.2, 0.25) is 0 Å². The second kappa shape index (κ2) is 9.10. The minimum atomic E-state index is -0.684. The van der Waals surface area contributed by atoms with E-state index in [2.05, 4.69) is 17.6 Å². The van der Waals surface area contributed by atoms with Crippen LogP contribution >= 0.6 is 11.8 Å². The smallest absolute Gasteiger partial charge is 0.315 e. The monoisotopic (exact) mass is 302 g/mol. The predicted octanol–water partition coefficient (Wildman–Crippen LogP) is 2.32. The van der Waals surface area contributed by atoms with Crippen molar-refractivity contribution in [1.82, 2.24) is 10.6 Å². The molecule has 1 aliphatic carbocycles. The SMILES string of the molecule is CCSCC(C)NC(=O)NCC1CCC(C(=O)O)CC1. The Labute approximate surface area is 125 Å². The molecule has 0 spiro atoms. The molecule has 116 valence electrons. The summed E-state index contributed by atoms with van der Waals surface area (Å²) in [5.41, 5.74) is 0. The zero-order chi connectivity index (χ0) is 15.0. The Balaban J connectivity index is 2.14. The number of carbonyl (C=O) groups excluding carboxylic acids is 1. The fourth-order valence-corrected chi connectivity index (χ4v) is 3.13. The Bertz CT molecular complexity index is 318. The van der Waals surface area contributed by atoms with Crippen molar-refractivity contribution in [2.75, 3.05) is 18.1 Å². The minimum absolute atomic E-state index is 0.116. The molecule has 20 heavy (non-hydrogen) atoms. The molecule has 3 N–H and O–H groups in total. The van der Waals surface area contributed by atoms with E-state index in [1.54, 1.807) is 0 Å². The molecular weight excluding hydrogens is 276 g/mol. The average molecular weight is 302 g/mol. The molecule has 0 aliphatic heterocycles. The molecule has 0 saturated heterocycles. The predicted molar refractivity (Wildman–Crippen MR) is 82.1 cm³/mol. The van der Waals surface area contributed by atoms with Gasteiger partial charge >= 0.3 is 12.0 Å². The first kappa shape index (κ1) is 17.1. The molecule has 1 unspecified atom stereocenters. The maximum absolute atomic E-state index is 11.7. The van der Waals surface area contributed by atoms with Gasteiger partial charge in [0.2, 0.25) is 0 Å². The van der Waals surface area contributed by atoms with Crippen molar-refractivity contribution in [2.45, 2.75) is 45.6 Å². The van der Waals surface area contributed by atoms with Gasteiger partial charge < -0.3 is 15.7 Å². The van der Waals surface area contributed by atoms with Crippen LogP contribution in [0.3, 0.4) is 0 Å². The van der Waals surface area contributed by atoms with Crippen LogP contribution in [0.15, 0.2) is 0 Å². The molecule has 6 heteroatoms. The lowest BCUT2D eigenvalue weighted by Crippen LogP contribution is -2.43. The van der Waals surface area contributed by atoms with Crippen molar-refractivity contribution in [3.05, 3.63) is 0 Å². The maximum Gasteiger partial charge on any atom is 0.315 e. The molecule has 0 aromatic rings. The summed E-state index contributed by atoms with van der Waals surface area (Å²) in [6.45, 7) is 4.75. The van der Waals surface area contributed by atoms with Gasteiger partial charge in [-0.3, -0.25) is 4.79 Å². The van der Waals surface area contributed by atoms with Gasteiger partial charge in [-0.15, -0.1) is 0 Å². The van der Waals surface area contributed by atoms with Gasteiger partial charge in [-0.2, -0.15) is 11.8 Å². The van der Waals surface area contributed by atoms with Gasteiger partial charge in [0.1, 0.15) is 0 Å². The second-order valence-corrected chi connectivity index (χ2v) is 6.79. The molecule has 0 radical (unpaired) electrons. The number of carbonyl (C=O) groups is 2. The summed E-state index contributed by atoms with van der Waals surface area (Å²) in [7, 11) is 0. The van der Waals surface area contributed by atoms with Crippen molar-refractivity contribution >= 4 is 23.8 Å². The summed E-state index contributed by atoms with van der Waals surface area (Å²) in [4.78, 5) is 22.6. The topological polar surface area (TPSA) is 78.4 Å². The summed E-state index contributed by atoms with van der Waals surface area (Å²) < 4.78 is 0. The van der Waals surface area contributed by atoms with Crippen molar-refractivity contribution in [3.8, 4) is 0 Å². The Morgan fingerprint density at radius 2 is 1.95 bits per heavy atom. The minimum Gasteiger partial charge on any atom is -0.481 e. The number of hydrogen-bond donors (Lipinski definition) is 3. The third kappa shape index (κ3) is 6.50. The van der Waals surface area contributed by atoms with E-state index in [0.717, 1.165) is 37.2 Å². The van der Waals surface area contributed by atoms with Gasteiger partial charge in [-0.25, -0.2) is 4.79 Å². The van der Waals surface area contributed by atoms with E-state index >= 15 is 0 Å². The van der Waals surface area contributed by atoms with E-state index in [1.807, 2.05) is 18.7 Å². The van der Waals surface area contributed by atoms with Crippen molar-refractivity contribution in [3.63, 3.8) is 0 Å². The maximum atomic E-state index is 11.7. The van der Waals surface area contributed by atoms with E-state index in [0.29, 0.717) is 12.5 Å². The number of amides is 2. The zero-order valence-corrected chi connectivity index (χ0v) is 13.2. The molecule has 1 aliphatic rings. The first-order chi connectivity index (χ1) is 9.52. The quantitative estimate of drug-likeness (QED) is 0.674. The number of aliphatic carboxylic acids is 1. The van der Waals surface area contributed by atoms with E-state index in [9.17, 15) is 9.59 Å². The molecule has 0 heterocycles. The van der Waals surface area contributed by atoms with Gasteiger partial charge in [-0.1, -0.05) is 6.92 Å². The lowest BCUT2D eigenvalue weighted by molar-refractivity contribution is -0.143. The Kier molecular flexibility index (Phi) is 7.80. The summed E-state index contributed by atoms with van der Waals surface area (Å²) >= 11 is 1.81. The number of rotatable bonds is 7. The molecule has 1 fully saturated rings. The summed E-state index contributed by atoms with van der Waals surface area (Å²) in [5, 5.41) is 14.7. The fraction of sp³-hybridized carbons (Fsp3) is 0.857. The molecule has 1 saturated carbocycles. The van der Waals surface area contributed by atoms with Crippen LogP contribution in [0, 0.1) is 11.8 Å². The third-order valence-electron chi connectivity index (χ3n) is 3.70. The van der Waals surface area contributed by atoms with Crippen molar-refractivity contribution < 1.29 is 14.7 Å². The van der Waals surface area contributed by atoms with Gasteiger partial charge in [0.05, 0.1) is 5.92 Å². The fourth-order valence-electron chi connectivity index (χ4n) is 2.46. The molecule has 0 aromatic heterocycles. The van der Waals surface area contributed by atoms with Crippen molar-refractivity contribution in [2.24, 2.45) is 11.8 Å². The van der Waals surface area contributed by atoms with E-state index in [1.165, 1.54) is 0 Å². The molecule has 0 bridgehead atoms. The highest BCUT2D eigenvalue weighted by Crippen LogP contribution is 2.28. The highest BCUT2D eigenvalue weighted by Gasteiger charge is 2.25. The molecule has 1 rings (SSSR count). The standard InChI is InChI=1S/C14H26N2O3S/c1-3-20-9-10(2)16-14(19)15-8-11-4-6-12(7-5-11)13(17)18/h10-12H,3-9H2,1-2H3,(H,17,18)(H2,15,16,19). The molecule has 0 aromatic carbocycles. The number of nitrogens with one attached hydrogen (secondary N) is 2. The molecule has 1 atom stereocenters. The number of carboxylic acids is 1. The number of hydrogen-bond acceptors (Lipinski definition) is 3. The van der Waals surface area contributed by atoms with Gasteiger partial charge in [0.15, 0.2) is 0 Å².